The summed E-state index contributed by atoms with van der Waals surface area (Å²) in [5.74, 6) is 1.04. The van der Waals surface area contributed by atoms with Crippen molar-refractivity contribution in [3.63, 3.8) is 0 Å². The average molecular weight is 306 g/mol. The molecule has 0 saturated carbocycles. The fourth-order valence-corrected chi connectivity index (χ4v) is 1.76. The lowest BCUT2D eigenvalue weighted by Crippen LogP contribution is -2.12. The Kier molecular flexibility index (Phi) is 5.29. The van der Waals surface area contributed by atoms with Gasteiger partial charge in [0.15, 0.2) is 5.78 Å². The fraction of sp³-hybridized carbons (Fsp3) is 0.417. The van der Waals surface area contributed by atoms with E-state index >= 15 is 0 Å². The molecule has 0 N–H and O–H groups in total. The smallest absolute Gasteiger partial charge is 0.179 e. The van der Waals surface area contributed by atoms with E-state index in [9.17, 15) is 4.79 Å². The lowest BCUT2D eigenvalue weighted by molar-refractivity contribution is 0.0992. The molecular formula is C12H14BrClO2. The molecule has 0 aliphatic heterocycles. The van der Waals surface area contributed by atoms with Crippen molar-refractivity contribution in [3.8, 4) is 5.75 Å². The van der Waals surface area contributed by atoms with Crippen LogP contribution in [0.4, 0.5) is 0 Å². The molecule has 0 bridgehead atoms. The number of carbonyl (C=O) groups excluding carboxylic acids is 1. The molecule has 16 heavy (non-hydrogen) atoms. The summed E-state index contributed by atoms with van der Waals surface area (Å²) in [6.45, 7) is 4.22. The Morgan fingerprint density at radius 1 is 1.56 bits per heavy atom. The molecule has 1 unspecified atom stereocenters. The SMILES string of the molecule is CCOc1cc(CCl)ccc1C(=O)C(C)Br. The van der Waals surface area contributed by atoms with Crippen molar-refractivity contribution < 1.29 is 9.53 Å². The molecule has 1 aromatic rings. The van der Waals surface area contributed by atoms with E-state index in [1.165, 1.54) is 0 Å². The first-order valence-electron chi connectivity index (χ1n) is 5.10. The molecule has 1 atom stereocenters. The number of ketones is 1. The van der Waals surface area contributed by atoms with Gasteiger partial charge in [-0.25, -0.2) is 0 Å². The van der Waals surface area contributed by atoms with Gasteiger partial charge in [-0.05, 0) is 31.5 Å². The molecule has 2 nitrogen and oxygen atoms in total. The van der Waals surface area contributed by atoms with E-state index in [1.54, 1.807) is 13.0 Å². The lowest BCUT2D eigenvalue weighted by Gasteiger charge is -2.11. The number of alkyl halides is 2. The van der Waals surface area contributed by atoms with Crippen molar-refractivity contribution in [1.29, 1.82) is 0 Å². The molecule has 4 heteroatoms. The van der Waals surface area contributed by atoms with Crippen LogP contribution in [0.5, 0.6) is 5.75 Å². The van der Waals surface area contributed by atoms with Crippen LogP contribution < -0.4 is 4.74 Å². The lowest BCUT2D eigenvalue weighted by atomic mass is 10.1. The van der Waals surface area contributed by atoms with Crippen LogP contribution in [-0.4, -0.2) is 17.2 Å². The monoisotopic (exact) mass is 304 g/mol. The van der Waals surface area contributed by atoms with Crippen LogP contribution in [0.1, 0.15) is 29.8 Å². The van der Waals surface area contributed by atoms with Crippen LogP contribution in [0, 0.1) is 0 Å². The van der Waals surface area contributed by atoms with E-state index < -0.39 is 0 Å². The summed E-state index contributed by atoms with van der Waals surface area (Å²) in [4.78, 5) is 11.7. The van der Waals surface area contributed by atoms with Crippen molar-refractivity contribution in [2.45, 2.75) is 24.6 Å². The van der Waals surface area contributed by atoms with Crippen LogP contribution in [0.2, 0.25) is 0 Å². The molecule has 1 aromatic carbocycles. The van der Waals surface area contributed by atoms with Gasteiger partial charge >= 0.3 is 0 Å². The van der Waals surface area contributed by atoms with Crippen LogP contribution >= 0.6 is 27.5 Å². The number of halogens is 2. The minimum absolute atomic E-state index is 0.0181. The third kappa shape index (κ3) is 3.22. The first-order valence-corrected chi connectivity index (χ1v) is 6.55. The van der Waals surface area contributed by atoms with Gasteiger partial charge in [-0.15, -0.1) is 11.6 Å². The number of ether oxygens (including phenoxy) is 1. The highest BCUT2D eigenvalue weighted by atomic mass is 79.9. The molecule has 0 fully saturated rings. The van der Waals surface area contributed by atoms with Gasteiger partial charge in [0, 0.05) is 5.88 Å². The first-order chi connectivity index (χ1) is 7.60. The van der Waals surface area contributed by atoms with Gasteiger partial charge in [-0.2, -0.15) is 0 Å². The molecule has 1 rings (SSSR count). The zero-order chi connectivity index (χ0) is 12.1. The Balaban J connectivity index is 3.12. The number of carbonyl (C=O) groups is 1. The van der Waals surface area contributed by atoms with Crippen molar-refractivity contribution in [2.24, 2.45) is 0 Å². The zero-order valence-electron chi connectivity index (χ0n) is 9.30. The van der Waals surface area contributed by atoms with Gasteiger partial charge < -0.3 is 4.74 Å². The average Bonchev–Trinajstić information content (AvgIpc) is 2.28. The predicted molar refractivity (Wildman–Crippen MR) is 69.9 cm³/mol. The normalized spacial score (nSPS) is 12.2. The molecule has 0 saturated heterocycles. The Bertz CT molecular complexity index is 377. The number of hydrogen-bond donors (Lipinski definition) is 0. The van der Waals surface area contributed by atoms with Crippen LogP contribution in [0.3, 0.4) is 0 Å². The van der Waals surface area contributed by atoms with Crippen molar-refractivity contribution in [3.05, 3.63) is 29.3 Å². The largest absolute Gasteiger partial charge is 0.493 e. The minimum Gasteiger partial charge on any atom is -0.493 e. The van der Waals surface area contributed by atoms with Gasteiger partial charge in [0.25, 0.3) is 0 Å². The highest BCUT2D eigenvalue weighted by Gasteiger charge is 2.17. The molecule has 0 amide bonds. The van der Waals surface area contributed by atoms with E-state index in [1.807, 2.05) is 19.1 Å². The number of benzene rings is 1. The second-order valence-electron chi connectivity index (χ2n) is 3.38. The third-order valence-electron chi connectivity index (χ3n) is 2.13. The second-order valence-corrected chi connectivity index (χ2v) is 5.02. The molecule has 0 spiro atoms. The van der Waals surface area contributed by atoms with Crippen LogP contribution in [0.25, 0.3) is 0 Å². The van der Waals surface area contributed by atoms with Gasteiger partial charge in [0.1, 0.15) is 5.75 Å². The third-order valence-corrected chi connectivity index (χ3v) is 2.85. The highest BCUT2D eigenvalue weighted by molar-refractivity contribution is 9.10. The molecule has 0 heterocycles. The summed E-state index contributed by atoms with van der Waals surface area (Å²) in [7, 11) is 0. The molecular weight excluding hydrogens is 291 g/mol. The van der Waals surface area contributed by atoms with E-state index in [0.29, 0.717) is 23.8 Å². The topological polar surface area (TPSA) is 26.3 Å². The minimum atomic E-state index is -0.214. The van der Waals surface area contributed by atoms with E-state index in [4.69, 9.17) is 16.3 Å². The van der Waals surface area contributed by atoms with Gasteiger partial charge in [-0.1, -0.05) is 22.0 Å². The van der Waals surface area contributed by atoms with Gasteiger partial charge in [-0.3, -0.25) is 4.79 Å². The molecule has 88 valence electrons. The second kappa shape index (κ2) is 6.26. The van der Waals surface area contributed by atoms with Crippen LogP contribution in [0.15, 0.2) is 18.2 Å². The maximum atomic E-state index is 11.9. The van der Waals surface area contributed by atoms with Gasteiger partial charge in [0.05, 0.1) is 17.0 Å². The first kappa shape index (κ1) is 13.5. The number of rotatable bonds is 5. The maximum absolute atomic E-state index is 11.9. The molecule has 0 aliphatic carbocycles. The van der Waals surface area contributed by atoms with E-state index in [2.05, 4.69) is 15.9 Å². The highest BCUT2D eigenvalue weighted by Crippen LogP contribution is 2.24. The summed E-state index contributed by atoms with van der Waals surface area (Å²) in [6, 6.07) is 5.43. The molecule has 0 aliphatic rings. The van der Waals surface area contributed by atoms with Crippen molar-refractivity contribution in [2.75, 3.05) is 6.61 Å². The van der Waals surface area contributed by atoms with Gasteiger partial charge in [0.2, 0.25) is 0 Å². The number of Topliss-reactive ketones (excluding diaryl/α,β-unsaturated/α-hetero) is 1. The summed E-state index contributed by atoms with van der Waals surface area (Å²) < 4.78 is 5.45. The Hall–Kier alpha value is -0.540. The van der Waals surface area contributed by atoms with Crippen molar-refractivity contribution >= 4 is 33.3 Å². The van der Waals surface area contributed by atoms with E-state index in [-0.39, 0.29) is 10.6 Å². The van der Waals surface area contributed by atoms with Crippen molar-refractivity contribution in [1.82, 2.24) is 0 Å². The summed E-state index contributed by atoms with van der Waals surface area (Å²) >= 11 is 9.01. The number of hydrogen-bond acceptors (Lipinski definition) is 2. The quantitative estimate of drug-likeness (QED) is 0.611. The van der Waals surface area contributed by atoms with Crippen LogP contribution in [-0.2, 0) is 5.88 Å². The Morgan fingerprint density at radius 2 is 2.25 bits per heavy atom. The summed E-state index contributed by atoms with van der Waals surface area (Å²) in [5.41, 5.74) is 1.55. The molecule has 0 aromatic heterocycles. The molecule has 0 radical (unpaired) electrons. The zero-order valence-corrected chi connectivity index (χ0v) is 11.6. The standard InChI is InChI=1S/C12H14BrClO2/c1-3-16-11-6-9(7-14)4-5-10(11)12(15)8(2)13/h4-6,8H,3,7H2,1-2H3. The summed E-state index contributed by atoms with van der Waals surface area (Å²) in [6.07, 6.45) is 0. The Morgan fingerprint density at radius 3 is 2.75 bits per heavy atom. The fourth-order valence-electron chi connectivity index (χ4n) is 1.34. The maximum Gasteiger partial charge on any atom is 0.179 e. The summed E-state index contributed by atoms with van der Waals surface area (Å²) in [5, 5.41) is 0. The Labute approximate surface area is 109 Å². The van der Waals surface area contributed by atoms with E-state index in [0.717, 1.165) is 5.56 Å². The predicted octanol–water partition coefficient (Wildman–Crippen LogP) is 3.79.